The Labute approximate surface area is 137 Å². The quantitative estimate of drug-likeness (QED) is 0.705. The number of amides is 2. The van der Waals surface area contributed by atoms with Crippen LogP contribution in [0.15, 0.2) is 18.2 Å². The van der Waals surface area contributed by atoms with Gasteiger partial charge in [0.05, 0.1) is 25.7 Å². The van der Waals surface area contributed by atoms with Gasteiger partial charge in [0.1, 0.15) is 5.75 Å². The van der Waals surface area contributed by atoms with Gasteiger partial charge in [-0.1, -0.05) is 31.5 Å². The summed E-state index contributed by atoms with van der Waals surface area (Å²) in [5.74, 6) is 0.143. The maximum absolute atomic E-state index is 12.0. The second-order valence-electron chi connectivity index (χ2n) is 6.02. The van der Waals surface area contributed by atoms with Crippen LogP contribution >= 0.6 is 0 Å². The Morgan fingerprint density at radius 2 is 1.91 bits per heavy atom. The van der Waals surface area contributed by atoms with Crippen LogP contribution in [0.2, 0.25) is 0 Å². The normalized spacial score (nSPS) is 13.3. The highest BCUT2D eigenvalue weighted by molar-refractivity contribution is 5.87. The number of ether oxygens (including phenoxy) is 1. The van der Waals surface area contributed by atoms with E-state index in [-0.39, 0.29) is 30.3 Å². The molecule has 1 unspecified atom stereocenters. The van der Waals surface area contributed by atoms with E-state index in [1.807, 2.05) is 45.9 Å². The predicted molar refractivity (Wildman–Crippen MR) is 90.1 cm³/mol. The molecule has 6 nitrogen and oxygen atoms in total. The highest BCUT2D eigenvalue weighted by Gasteiger charge is 2.19. The fourth-order valence-electron chi connectivity index (χ4n) is 2.15. The SMILES string of the molecule is COc1ccc(C)cc1C(C)NC(=O)CNC(=O)[C@@H](N)C(C)C. The molecule has 0 aliphatic heterocycles. The Hall–Kier alpha value is -2.08. The summed E-state index contributed by atoms with van der Waals surface area (Å²) in [7, 11) is 1.59. The molecule has 23 heavy (non-hydrogen) atoms. The van der Waals surface area contributed by atoms with Crippen LogP contribution in [0.5, 0.6) is 5.75 Å². The largest absolute Gasteiger partial charge is 0.496 e. The van der Waals surface area contributed by atoms with Crippen molar-refractivity contribution in [1.82, 2.24) is 10.6 Å². The van der Waals surface area contributed by atoms with Gasteiger partial charge in [0.25, 0.3) is 0 Å². The van der Waals surface area contributed by atoms with Crippen molar-refractivity contribution < 1.29 is 14.3 Å². The number of benzene rings is 1. The average molecular weight is 321 g/mol. The van der Waals surface area contributed by atoms with Gasteiger partial charge in [-0.15, -0.1) is 0 Å². The molecule has 0 aromatic heterocycles. The van der Waals surface area contributed by atoms with Gasteiger partial charge in [0, 0.05) is 5.56 Å². The minimum absolute atomic E-state index is 0.0218. The van der Waals surface area contributed by atoms with Crippen molar-refractivity contribution in [3.05, 3.63) is 29.3 Å². The number of carbonyl (C=O) groups is 2. The van der Waals surface area contributed by atoms with Crippen LogP contribution < -0.4 is 21.1 Å². The number of methoxy groups -OCH3 is 1. The Kier molecular flexibility index (Phi) is 7.03. The number of nitrogens with two attached hydrogens (primary N) is 1. The summed E-state index contributed by atoms with van der Waals surface area (Å²) in [6.07, 6.45) is 0. The van der Waals surface area contributed by atoms with E-state index in [0.29, 0.717) is 5.75 Å². The maximum Gasteiger partial charge on any atom is 0.239 e. The standard InChI is InChI=1S/C17H27N3O3/c1-10(2)16(18)17(22)19-9-15(21)20-12(4)13-8-11(3)6-7-14(13)23-5/h6-8,10,12,16H,9,18H2,1-5H3,(H,19,22)(H,20,21)/t12?,16-/m0/s1. The van der Waals surface area contributed by atoms with Gasteiger partial charge in [0.15, 0.2) is 0 Å². The molecule has 0 aliphatic carbocycles. The lowest BCUT2D eigenvalue weighted by Crippen LogP contribution is -2.47. The van der Waals surface area contributed by atoms with E-state index in [4.69, 9.17) is 10.5 Å². The number of aryl methyl sites for hydroxylation is 1. The van der Waals surface area contributed by atoms with Gasteiger partial charge in [-0.3, -0.25) is 9.59 Å². The molecule has 0 saturated heterocycles. The summed E-state index contributed by atoms with van der Waals surface area (Å²) < 4.78 is 5.32. The van der Waals surface area contributed by atoms with Gasteiger partial charge in [-0.05, 0) is 25.8 Å². The van der Waals surface area contributed by atoms with Crippen molar-refractivity contribution in [3.8, 4) is 5.75 Å². The first kappa shape index (κ1) is 19.0. The molecule has 2 atom stereocenters. The molecule has 6 heteroatoms. The van der Waals surface area contributed by atoms with Gasteiger partial charge in [-0.2, -0.15) is 0 Å². The highest BCUT2D eigenvalue weighted by atomic mass is 16.5. The fourth-order valence-corrected chi connectivity index (χ4v) is 2.15. The van der Waals surface area contributed by atoms with Crippen molar-refractivity contribution in [2.24, 2.45) is 11.7 Å². The topological polar surface area (TPSA) is 93.5 Å². The van der Waals surface area contributed by atoms with Crippen LogP contribution in [0.4, 0.5) is 0 Å². The first-order chi connectivity index (χ1) is 10.8. The van der Waals surface area contributed by atoms with Crippen LogP contribution in [0.25, 0.3) is 0 Å². The van der Waals surface area contributed by atoms with E-state index in [2.05, 4.69) is 10.6 Å². The molecule has 0 bridgehead atoms. The lowest BCUT2D eigenvalue weighted by molar-refractivity contribution is -0.127. The third kappa shape index (κ3) is 5.56. The van der Waals surface area contributed by atoms with Crippen molar-refractivity contribution >= 4 is 11.8 Å². The zero-order chi connectivity index (χ0) is 17.6. The first-order valence-corrected chi connectivity index (χ1v) is 7.73. The Bertz CT molecular complexity index is 558. The molecule has 128 valence electrons. The minimum Gasteiger partial charge on any atom is -0.496 e. The Morgan fingerprint density at radius 1 is 1.26 bits per heavy atom. The fraction of sp³-hybridized carbons (Fsp3) is 0.529. The molecule has 1 rings (SSSR count). The maximum atomic E-state index is 12.0. The van der Waals surface area contributed by atoms with Gasteiger partial charge in [0.2, 0.25) is 11.8 Å². The zero-order valence-corrected chi connectivity index (χ0v) is 14.5. The van der Waals surface area contributed by atoms with Crippen molar-refractivity contribution in [2.45, 2.75) is 39.8 Å². The molecular formula is C17H27N3O3. The Morgan fingerprint density at radius 3 is 2.48 bits per heavy atom. The van der Waals surface area contributed by atoms with E-state index in [1.165, 1.54) is 0 Å². The van der Waals surface area contributed by atoms with Crippen molar-refractivity contribution in [1.29, 1.82) is 0 Å². The molecular weight excluding hydrogens is 294 g/mol. The number of rotatable bonds is 7. The summed E-state index contributed by atoms with van der Waals surface area (Å²) in [5.41, 5.74) is 7.71. The van der Waals surface area contributed by atoms with Crippen LogP contribution in [-0.4, -0.2) is 31.5 Å². The zero-order valence-electron chi connectivity index (χ0n) is 14.5. The van der Waals surface area contributed by atoms with Crippen molar-refractivity contribution in [2.75, 3.05) is 13.7 Å². The molecule has 0 heterocycles. The summed E-state index contributed by atoms with van der Waals surface area (Å²) in [4.78, 5) is 23.8. The monoisotopic (exact) mass is 321 g/mol. The van der Waals surface area contributed by atoms with E-state index in [0.717, 1.165) is 11.1 Å². The van der Waals surface area contributed by atoms with Gasteiger partial charge < -0.3 is 21.1 Å². The van der Waals surface area contributed by atoms with E-state index < -0.39 is 6.04 Å². The van der Waals surface area contributed by atoms with Crippen LogP contribution in [0.1, 0.15) is 37.9 Å². The predicted octanol–water partition coefficient (Wildman–Crippen LogP) is 1.28. The lowest BCUT2D eigenvalue weighted by Gasteiger charge is -2.19. The summed E-state index contributed by atoms with van der Waals surface area (Å²) >= 11 is 0. The summed E-state index contributed by atoms with van der Waals surface area (Å²) in [6, 6.07) is 4.95. The van der Waals surface area contributed by atoms with E-state index >= 15 is 0 Å². The molecule has 1 aromatic rings. The van der Waals surface area contributed by atoms with Gasteiger partial charge in [-0.25, -0.2) is 0 Å². The number of carbonyl (C=O) groups excluding carboxylic acids is 2. The summed E-state index contributed by atoms with van der Waals surface area (Å²) in [6.45, 7) is 7.46. The summed E-state index contributed by atoms with van der Waals surface area (Å²) in [5, 5.41) is 5.40. The number of hydrogen-bond acceptors (Lipinski definition) is 4. The number of hydrogen-bond donors (Lipinski definition) is 3. The van der Waals surface area contributed by atoms with E-state index in [9.17, 15) is 9.59 Å². The van der Waals surface area contributed by atoms with Gasteiger partial charge >= 0.3 is 0 Å². The van der Waals surface area contributed by atoms with Crippen LogP contribution in [-0.2, 0) is 9.59 Å². The second-order valence-corrected chi connectivity index (χ2v) is 6.02. The molecule has 0 radical (unpaired) electrons. The van der Waals surface area contributed by atoms with E-state index in [1.54, 1.807) is 7.11 Å². The van der Waals surface area contributed by atoms with Crippen molar-refractivity contribution in [3.63, 3.8) is 0 Å². The molecule has 0 spiro atoms. The molecule has 0 aliphatic rings. The molecule has 2 amide bonds. The molecule has 0 saturated carbocycles. The van der Waals surface area contributed by atoms with Crippen LogP contribution in [0, 0.1) is 12.8 Å². The second kappa shape index (κ2) is 8.53. The smallest absolute Gasteiger partial charge is 0.239 e. The molecule has 1 aromatic carbocycles. The third-order valence-corrected chi connectivity index (χ3v) is 3.67. The molecule has 4 N–H and O–H groups in total. The lowest BCUT2D eigenvalue weighted by atomic mass is 10.0. The number of nitrogens with one attached hydrogen (secondary N) is 2. The first-order valence-electron chi connectivity index (χ1n) is 7.73. The minimum atomic E-state index is -0.614. The highest BCUT2D eigenvalue weighted by Crippen LogP contribution is 2.25. The van der Waals surface area contributed by atoms with Crippen LogP contribution in [0.3, 0.4) is 0 Å². The average Bonchev–Trinajstić information content (AvgIpc) is 2.51. The third-order valence-electron chi connectivity index (χ3n) is 3.67. The Balaban J connectivity index is 2.61. The molecule has 0 fully saturated rings.